The Morgan fingerprint density at radius 1 is 1.03 bits per heavy atom. The number of nitrogens with one attached hydrogen (secondary N) is 1. The molecule has 0 aliphatic rings. The van der Waals surface area contributed by atoms with Gasteiger partial charge in [0.05, 0.1) is 17.4 Å². The Morgan fingerprint density at radius 2 is 1.76 bits per heavy atom. The normalized spacial score (nSPS) is 12.4. The number of carbonyl (C=O) groups is 1. The van der Waals surface area contributed by atoms with E-state index in [1.807, 2.05) is 47.0 Å². The number of aromatic nitrogens is 4. The van der Waals surface area contributed by atoms with E-state index in [9.17, 15) is 18.0 Å². The molecule has 1 unspecified atom stereocenters. The molecular weight excluding hydrogens is 463 g/mol. The molecule has 1 N–H and O–H groups in total. The Morgan fingerprint density at radius 3 is 2.41 bits per heavy atom. The van der Waals surface area contributed by atoms with E-state index in [-0.39, 0.29) is 11.6 Å². The Labute approximate surface area is 198 Å². The summed E-state index contributed by atoms with van der Waals surface area (Å²) in [5.74, 6) is 0.261. The fraction of sp³-hybridized carbons (Fsp3) is 0.167. The molecule has 1 amide bonds. The van der Waals surface area contributed by atoms with Gasteiger partial charge in [0.2, 0.25) is 5.91 Å². The monoisotopic (exact) mass is 483 g/mol. The van der Waals surface area contributed by atoms with Gasteiger partial charge in [0.1, 0.15) is 0 Å². The fourth-order valence-corrected chi connectivity index (χ4v) is 4.04. The number of anilines is 1. The average Bonchev–Trinajstić information content (AvgIpc) is 3.22. The Kier molecular flexibility index (Phi) is 6.97. The molecule has 174 valence electrons. The number of benzene rings is 2. The highest BCUT2D eigenvalue weighted by molar-refractivity contribution is 8.00. The molecule has 4 aromatic rings. The number of hydrogen-bond donors (Lipinski definition) is 1. The molecule has 0 fully saturated rings. The first-order valence-corrected chi connectivity index (χ1v) is 11.2. The molecule has 6 nitrogen and oxygen atoms in total. The fourth-order valence-electron chi connectivity index (χ4n) is 3.19. The maximum atomic E-state index is 12.8. The summed E-state index contributed by atoms with van der Waals surface area (Å²) >= 11 is 1.22. The highest BCUT2D eigenvalue weighted by Gasteiger charge is 2.30. The minimum Gasteiger partial charge on any atom is -0.325 e. The topological polar surface area (TPSA) is 72.7 Å². The quantitative estimate of drug-likeness (QED) is 0.350. The summed E-state index contributed by atoms with van der Waals surface area (Å²) in [6, 6.07) is 17.8. The van der Waals surface area contributed by atoms with E-state index in [1.54, 1.807) is 19.3 Å². The molecule has 0 aliphatic carbocycles. The minimum atomic E-state index is -4.43. The van der Waals surface area contributed by atoms with Crippen LogP contribution in [0.5, 0.6) is 0 Å². The standard InChI is InChI=1S/C24H20F3N5OS/c1-16(22(33)29-20-11-9-19(10-12-20)24(25,26)27)34-23-31-30-21(18-8-5-13-28-14-18)32(23)15-17-6-3-2-4-7-17/h2-14,16H,15H2,1H3,(H,29,33). The molecule has 0 saturated carbocycles. The number of pyridine rings is 1. The van der Waals surface area contributed by atoms with Gasteiger partial charge in [-0.15, -0.1) is 10.2 Å². The van der Waals surface area contributed by atoms with Crippen LogP contribution in [0.2, 0.25) is 0 Å². The summed E-state index contributed by atoms with van der Waals surface area (Å²) in [6.07, 6.45) is -1.06. The van der Waals surface area contributed by atoms with Crippen molar-refractivity contribution in [3.8, 4) is 11.4 Å². The summed E-state index contributed by atoms with van der Waals surface area (Å²) in [6.45, 7) is 2.20. The zero-order chi connectivity index (χ0) is 24.1. The molecule has 2 aromatic carbocycles. The predicted octanol–water partition coefficient (Wildman–Crippen LogP) is 5.53. The van der Waals surface area contributed by atoms with Gasteiger partial charge < -0.3 is 5.32 Å². The van der Waals surface area contributed by atoms with E-state index in [4.69, 9.17) is 0 Å². The second kappa shape index (κ2) is 10.1. The Balaban J connectivity index is 1.53. The van der Waals surface area contributed by atoms with Crippen molar-refractivity contribution < 1.29 is 18.0 Å². The van der Waals surface area contributed by atoms with E-state index >= 15 is 0 Å². The third-order valence-electron chi connectivity index (χ3n) is 4.95. The van der Waals surface area contributed by atoms with Crippen molar-refractivity contribution in [1.29, 1.82) is 0 Å². The molecule has 0 spiro atoms. The van der Waals surface area contributed by atoms with Crippen LogP contribution in [0.3, 0.4) is 0 Å². The van der Waals surface area contributed by atoms with Gasteiger partial charge in [-0.25, -0.2) is 0 Å². The zero-order valence-corrected chi connectivity index (χ0v) is 18.8. The van der Waals surface area contributed by atoms with Crippen LogP contribution < -0.4 is 5.32 Å². The molecule has 2 aromatic heterocycles. The third-order valence-corrected chi connectivity index (χ3v) is 6.03. The number of amides is 1. The number of thioether (sulfide) groups is 1. The molecule has 4 rings (SSSR count). The second-order valence-electron chi connectivity index (χ2n) is 7.44. The maximum absolute atomic E-state index is 12.8. The van der Waals surface area contributed by atoms with Gasteiger partial charge in [-0.1, -0.05) is 42.1 Å². The molecular formula is C24H20F3N5OS. The van der Waals surface area contributed by atoms with E-state index in [0.29, 0.717) is 17.5 Å². The second-order valence-corrected chi connectivity index (χ2v) is 8.75. The summed E-state index contributed by atoms with van der Waals surface area (Å²) in [4.78, 5) is 16.9. The molecule has 0 bridgehead atoms. The van der Waals surface area contributed by atoms with Gasteiger partial charge in [0, 0.05) is 23.6 Å². The van der Waals surface area contributed by atoms with Crippen molar-refractivity contribution in [2.45, 2.75) is 30.1 Å². The largest absolute Gasteiger partial charge is 0.416 e. The van der Waals surface area contributed by atoms with Crippen LogP contribution in [0.1, 0.15) is 18.1 Å². The SMILES string of the molecule is CC(Sc1nnc(-c2cccnc2)n1Cc1ccccc1)C(=O)Nc1ccc(C(F)(F)F)cc1. The first-order valence-electron chi connectivity index (χ1n) is 10.3. The third kappa shape index (κ3) is 5.63. The van der Waals surface area contributed by atoms with Crippen LogP contribution in [0, 0.1) is 0 Å². The molecule has 2 heterocycles. The maximum Gasteiger partial charge on any atom is 0.416 e. The van der Waals surface area contributed by atoms with Crippen molar-refractivity contribution in [3.05, 3.63) is 90.3 Å². The summed E-state index contributed by atoms with van der Waals surface area (Å²) in [5.41, 5.74) is 1.34. The van der Waals surface area contributed by atoms with Crippen molar-refractivity contribution in [2.24, 2.45) is 0 Å². The van der Waals surface area contributed by atoms with Crippen molar-refractivity contribution in [3.63, 3.8) is 0 Å². The molecule has 10 heteroatoms. The van der Waals surface area contributed by atoms with Gasteiger partial charge in [-0.05, 0) is 48.9 Å². The highest BCUT2D eigenvalue weighted by atomic mass is 32.2. The lowest BCUT2D eigenvalue weighted by atomic mass is 10.2. The molecule has 1 atom stereocenters. The van der Waals surface area contributed by atoms with Crippen LogP contribution in [0.4, 0.5) is 18.9 Å². The first-order chi connectivity index (χ1) is 16.3. The van der Waals surface area contributed by atoms with Gasteiger partial charge >= 0.3 is 6.18 Å². The van der Waals surface area contributed by atoms with Crippen LogP contribution in [-0.4, -0.2) is 30.9 Å². The summed E-state index contributed by atoms with van der Waals surface area (Å²) in [7, 11) is 0. The van der Waals surface area contributed by atoms with E-state index < -0.39 is 17.0 Å². The van der Waals surface area contributed by atoms with Crippen molar-refractivity contribution in [1.82, 2.24) is 19.7 Å². The first kappa shape index (κ1) is 23.5. The van der Waals surface area contributed by atoms with Crippen LogP contribution in [0.25, 0.3) is 11.4 Å². The van der Waals surface area contributed by atoms with Gasteiger partial charge in [0.15, 0.2) is 11.0 Å². The smallest absolute Gasteiger partial charge is 0.325 e. The zero-order valence-electron chi connectivity index (χ0n) is 18.0. The number of carbonyl (C=O) groups excluding carboxylic acids is 1. The lowest BCUT2D eigenvalue weighted by molar-refractivity contribution is -0.137. The van der Waals surface area contributed by atoms with Gasteiger partial charge in [-0.3, -0.25) is 14.3 Å². The molecule has 0 saturated heterocycles. The lowest BCUT2D eigenvalue weighted by Crippen LogP contribution is -2.23. The highest BCUT2D eigenvalue weighted by Crippen LogP contribution is 2.31. The van der Waals surface area contributed by atoms with Crippen molar-refractivity contribution >= 4 is 23.4 Å². The molecule has 0 radical (unpaired) electrons. The Hall–Kier alpha value is -3.66. The van der Waals surface area contributed by atoms with E-state index in [1.165, 1.54) is 23.9 Å². The van der Waals surface area contributed by atoms with Gasteiger partial charge in [-0.2, -0.15) is 13.2 Å². The lowest BCUT2D eigenvalue weighted by Gasteiger charge is -2.14. The van der Waals surface area contributed by atoms with Crippen LogP contribution in [-0.2, 0) is 17.5 Å². The van der Waals surface area contributed by atoms with E-state index in [0.717, 1.165) is 23.3 Å². The molecule has 34 heavy (non-hydrogen) atoms. The number of halogens is 3. The van der Waals surface area contributed by atoms with E-state index in [2.05, 4.69) is 20.5 Å². The van der Waals surface area contributed by atoms with Gasteiger partial charge in [0.25, 0.3) is 0 Å². The molecule has 0 aliphatic heterocycles. The number of alkyl halides is 3. The van der Waals surface area contributed by atoms with Crippen molar-refractivity contribution in [2.75, 3.05) is 5.32 Å². The predicted molar refractivity (Wildman–Crippen MR) is 124 cm³/mol. The Bertz CT molecular complexity index is 1250. The minimum absolute atomic E-state index is 0.284. The van der Waals surface area contributed by atoms with Crippen LogP contribution in [0.15, 0.2) is 84.3 Å². The summed E-state index contributed by atoms with van der Waals surface area (Å²) in [5, 5.41) is 11.2. The number of rotatable bonds is 7. The number of nitrogens with zero attached hydrogens (tertiary/aromatic N) is 4. The average molecular weight is 484 g/mol. The van der Waals surface area contributed by atoms with Crippen LogP contribution >= 0.6 is 11.8 Å². The number of hydrogen-bond acceptors (Lipinski definition) is 5. The summed E-state index contributed by atoms with van der Waals surface area (Å²) < 4.78 is 40.2.